The van der Waals surface area contributed by atoms with Gasteiger partial charge in [-0.05, 0) is 111 Å². The number of rotatable bonds is 10. The molecule has 0 bridgehead atoms. The van der Waals surface area contributed by atoms with Crippen LogP contribution in [0.4, 0.5) is 8.78 Å². The Hall–Kier alpha value is -3.02. The summed E-state index contributed by atoms with van der Waals surface area (Å²) < 4.78 is 33.7. The van der Waals surface area contributed by atoms with Crippen LogP contribution >= 0.6 is 0 Å². The fourth-order valence-electron chi connectivity index (χ4n) is 5.32. The molecule has 35 heavy (non-hydrogen) atoms. The smallest absolute Gasteiger partial charge is 0.123 e. The lowest BCUT2D eigenvalue weighted by atomic mass is 9.82. The molecule has 182 valence electrons. The zero-order valence-electron chi connectivity index (χ0n) is 20.2. The highest BCUT2D eigenvalue weighted by Gasteiger charge is 2.41. The largest absolute Gasteiger partial charge is 0.361 e. The average Bonchev–Trinajstić information content (AvgIpc) is 3.42. The van der Waals surface area contributed by atoms with Gasteiger partial charge < -0.3 is 15.0 Å². The predicted octanol–water partition coefficient (Wildman–Crippen LogP) is 6.92. The molecule has 2 heterocycles. The second-order valence-corrected chi connectivity index (χ2v) is 9.60. The summed E-state index contributed by atoms with van der Waals surface area (Å²) in [5, 5.41) is 4.90. The number of fused-ring (bicyclic) bond motifs is 2. The van der Waals surface area contributed by atoms with Gasteiger partial charge in [0.2, 0.25) is 0 Å². The Morgan fingerprint density at radius 3 is 2.57 bits per heavy atom. The molecule has 0 radical (unpaired) electrons. The maximum absolute atomic E-state index is 13.8. The normalized spacial score (nSPS) is 17.2. The highest BCUT2D eigenvalue weighted by Crippen LogP contribution is 2.45. The first-order valence-corrected chi connectivity index (χ1v) is 12.5. The van der Waals surface area contributed by atoms with Crippen molar-refractivity contribution in [1.29, 1.82) is 0 Å². The molecule has 0 saturated heterocycles. The van der Waals surface area contributed by atoms with Crippen molar-refractivity contribution in [3.63, 3.8) is 0 Å². The first kappa shape index (κ1) is 23.7. The van der Waals surface area contributed by atoms with Gasteiger partial charge in [-0.25, -0.2) is 8.78 Å². The molecule has 0 saturated carbocycles. The topological polar surface area (TPSA) is 37.0 Å². The van der Waals surface area contributed by atoms with Crippen LogP contribution < -0.4 is 5.32 Å². The van der Waals surface area contributed by atoms with Gasteiger partial charge in [-0.15, -0.1) is 0 Å². The van der Waals surface area contributed by atoms with E-state index < -0.39 is 5.60 Å². The highest BCUT2D eigenvalue weighted by atomic mass is 19.1. The van der Waals surface area contributed by atoms with Crippen LogP contribution in [0.1, 0.15) is 53.5 Å². The lowest BCUT2D eigenvalue weighted by Gasteiger charge is -2.30. The summed E-state index contributed by atoms with van der Waals surface area (Å²) in [6.07, 6.45) is 7.10. The van der Waals surface area contributed by atoms with Gasteiger partial charge in [0.15, 0.2) is 0 Å². The molecule has 3 nitrogen and oxygen atoms in total. The fraction of sp³-hybridized carbons (Fsp3) is 0.333. The highest BCUT2D eigenvalue weighted by molar-refractivity contribution is 5.83. The third-order valence-electron chi connectivity index (χ3n) is 7.14. The molecule has 3 aromatic carbocycles. The van der Waals surface area contributed by atoms with Crippen molar-refractivity contribution in [2.45, 2.75) is 51.2 Å². The van der Waals surface area contributed by atoms with Crippen molar-refractivity contribution in [1.82, 2.24) is 10.3 Å². The van der Waals surface area contributed by atoms with Crippen molar-refractivity contribution >= 4 is 10.9 Å². The number of H-pyrrole nitrogens is 1. The van der Waals surface area contributed by atoms with Crippen LogP contribution in [0.15, 0.2) is 66.9 Å². The van der Waals surface area contributed by atoms with E-state index in [0.29, 0.717) is 6.61 Å². The lowest BCUT2D eigenvalue weighted by molar-refractivity contribution is -0.0129. The summed E-state index contributed by atoms with van der Waals surface area (Å²) in [5.74, 6) is -0.530. The van der Waals surface area contributed by atoms with Crippen LogP contribution in [0.25, 0.3) is 10.9 Å². The molecule has 4 aromatic rings. The van der Waals surface area contributed by atoms with Crippen LogP contribution in [0.3, 0.4) is 0 Å². The number of hydrogen-bond acceptors (Lipinski definition) is 2. The van der Waals surface area contributed by atoms with Gasteiger partial charge >= 0.3 is 0 Å². The molecule has 1 aliphatic rings. The lowest BCUT2D eigenvalue weighted by Crippen LogP contribution is -2.29. The summed E-state index contributed by atoms with van der Waals surface area (Å²) in [4.78, 5) is 3.37. The van der Waals surface area contributed by atoms with Gasteiger partial charge in [-0.2, -0.15) is 0 Å². The number of aryl methyl sites for hydroxylation is 2. The zero-order valence-corrected chi connectivity index (χ0v) is 20.2. The van der Waals surface area contributed by atoms with Gasteiger partial charge in [0, 0.05) is 17.1 Å². The molecule has 2 N–H and O–H groups in total. The Morgan fingerprint density at radius 2 is 1.71 bits per heavy atom. The Bertz CT molecular complexity index is 1300. The van der Waals surface area contributed by atoms with Gasteiger partial charge in [0.05, 0.1) is 6.61 Å². The van der Waals surface area contributed by atoms with Crippen molar-refractivity contribution in [3.05, 3.63) is 106 Å². The number of hydrogen-bond donors (Lipinski definition) is 2. The van der Waals surface area contributed by atoms with Crippen LogP contribution in [0.2, 0.25) is 0 Å². The first-order valence-electron chi connectivity index (χ1n) is 12.5. The van der Waals surface area contributed by atoms with E-state index in [2.05, 4.69) is 41.6 Å². The van der Waals surface area contributed by atoms with E-state index in [4.69, 9.17) is 4.74 Å². The Labute approximate surface area is 205 Å². The molecule has 0 spiro atoms. The minimum absolute atomic E-state index is 0.258. The van der Waals surface area contributed by atoms with Crippen molar-refractivity contribution in [3.8, 4) is 0 Å². The second kappa shape index (κ2) is 10.3. The van der Waals surface area contributed by atoms with E-state index in [1.54, 1.807) is 18.2 Å². The second-order valence-electron chi connectivity index (χ2n) is 9.60. The van der Waals surface area contributed by atoms with Crippen molar-refractivity contribution < 1.29 is 13.5 Å². The molecule has 1 aliphatic heterocycles. The van der Waals surface area contributed by atoms with E-state index in [9.17, 15) is 8.78 Å². The quantitative estimate of drug-likeness (QED) is 0.245. The van der Waals surface area contributed by atoms with Gasteiger partial charge in [-0.3, -0.25) is 0 Å². The monoisotopic (exact) mass is 474 g/mol. The van der Waals surface area contributed by atoms with Crippen LogP contribution in [-0.4, -0.2) is 18.1 Å². The summed E-state index contributed by atoms with van der Waals surface area (Å²) in [6.45, 7) is 4.34. The number of aromatic nitrogens is 1. The maximum atomic E-state index is 13.8. The molecule has 0 aliphatic carbocycles. The minimum Gasteiger partial charge on any atom is -0.361 e. The van der Waals surface area contributed by atoms with Gasteiger partial charge in [-0.1, -0.05) is 29.8 Å². The molecule has 1 atom stereocenters. The molecule has 0 amide bonds. The summed E-state index contributed by atoms with van der Waals surface area (Å²) in [6, 6.07) is 17.9. The van der Waals surface area contributed by atoms with Crippen molar-refractivity contribution in [2.75, 3.05) is 13.1 Å². The molecule has 1 aromatic heterocycles. The van der Waals surface area contributed by atoms with E-state index in [-0.39, 0.29) is 11.6 Å². The molecule has 1 unspecified atom stereocenters. The van der Waals surface area contributed by atoms with Crippen LogP contribution in [-0.2, 0) is 23.4 Å². The minimum atomic E-state index is -0.661. The number of nitrogens with one attached hydrogen (secondary N) is 2. The summed E-state index contributed by atoms with van der Waals surface area (Å²) >= 11 is 0. The number of aromatic amines is 1. The Balaban J connectivity index is 1.13. The Morgan fingerprint density at radius 1 is 0.914 bits per heavy atom. The third kappa shape index (κ3) is 5.02. The van der Waals surface area contributed by atoms with Crippen LogP contribution in [0.5, 0.6) is 0 Å². The summed E-state index contributed by atoms with van der Waals surface area (Å²) in [5.41, 5.74) is 5.99. The molecular weight excluding hydrogens is 442 g/mol. The van der Waals surface area contributed by atoms with E-state index >= 15 is 0 Å². The van der Waals surface area contributed by atoms with Gasteiger partial charge in [0.25, 0.3) is 0 Å². The SMILES string of the molecule is Cc1ccc2[nH]cc(CCCCNCCCC3(c4ccc(F)cc4)OCc4cc(F)ccc43)c2c1. The number of ether oxygens (including phenoxy) is 1. The number of benzene rings is 3. The zero-order chi connectivity index (χ0) is 24.3. The first-order chi connectivity index (χ1) is 17.0. The molecule has 0 fully saturated rings. The standard InChI is InChI=1S/C30H32F2N2O/c1-21-6-13-29-27(17-21)22(19-34-29)5-2-3-15-33-16-4-14-30(24-7-9-25(31)10-8-24)28-12-11-26(32)18-23(28)20-35-30/h6-13,17-19,33-34H,2-5,14-16,20H2,1H3. The molecular formula is C30H32F2N2O. The van der Waals surface area contributed by atoms with Gasteiger partial charge in [0.1, 0.15) is 17.2 Å². The van der Waals surface area contributed by atoms with E-state index in [1.165, 1.54) is 40.2 Å². The summed E-state index contributed by atoms with van der Waals surface area (Å²) in [7, 11) is 0. The average molecular weight is 475 g/mol. The van der Waals surface area contributed by atoms with E-state index in [1.807, 2.05) is 6.07 Å². The van der Waals surface area contributed by atoms with Crippen molar-refractivity contribution in [2.24, 2.45) is 0 Å². The molecule has 5 heteroatoms. The van der Waals surface area contributed by atoms with E-state index in [0.717, 1.165) is 61.9 Å². The number of halogens is 2. The predicted molar refractivity (Wildman–Crippen MR) is 136 cm³/mol. The number of unbranched alkanes of at least 4 members (excludes halogenated alkanes) is 1. The Kier molecular flexibility index (Phi) is 6.98. The fourth-order valence-corrected chi connectivity index (χ4v) is 5.32. The van der Waals surface area contributed by atoms with Crippen LogP contribution in [0, 0.1) is 18.6 Å². The maximum Gasteiger partial charge on any atom is 0.123 e. The molecule has 5 rings (SSSR count). The third-order valence-corrected chi connectivity index (χ3v) is 7.14.